The van der Waals surface area contributed by atoms with Crippen LogP contribution >= 0.6 is 0 Å². The third-order valence-corrected chi connectivity index (χ3v) is 4.72. The molecule has 1 unspecified atom stereocenters. The van der Waals surface area contributed by atoms with Gasteiger partial charge in [0.25, 0.3) is 0 Å². The molecule has 1 atom stereocenters. The first-order valence-electron chi connectivity index (χ1n) is 8.58. The van der Waals surface area contributed by atoms with Gasteiger partial charge in [0.1, 0.15) is 5.82 Å². The summed E-state index contributed by atoms with van der Waals surface area (Å²) < 4.78 is 1.86. The van der Waals surface area contributed by atoms with Gasteiger partial charge in [-0.3, -0.25) is 4.79 Å². The Labute approximate surface area is 146 Å². The van der Waals surface area contributed by atoms with Crippen molar-refractivity contribution < 1.29 is 4.79 Å². The zero-order valence-corrected chi connectivity index (χ0v) is 14.2. The van der Waals surface area contributed by atoms with Crippen molar-refractivity contribution >= 4 is 17.2 Å². The number of aromatic nitrogens is 3. The van der Waals surface area contributed by atoms with Crippen LogP contribution in [0.3, 0.4) is 0 Å². The standard InChI is InChI=1S/C19H21N5O/c1-13(25)14-4-6-15(7-5-14)17-11-21-18-8-9-19(22-24(17)18)23-10-2-3-16(20)12-23/h4-9,11,16H,2-3,10,12,20H2,1H3. The SMILES string of the molecule is CC(=O)c1ccc(-c2cnc3ccc(N4CCCC(N)C4)nn23)cc1. The summed E-state index contributed by atoms with van der Waals surface area (Å²) in [4.78, 5) is 18.1. The minimum Gasteiger partial charge on any atom is -0.354 e. The Morgan fingerprint density at radius 3 is 2.72 bits per heavy atom. The van der Waals surface area contributed by atoms with Gasteiger partial charge in [-0.2, -0.15) is 0 Å². The highest BCUT2D eigenvalue weighted by Gasteiger charge is 2.19. The van der Waals surface area contributed by atoms with Crippen LogP contribution in [0.2, 0.25) is 0 Å². The fourth-order valence-electron chi connectivity index (χ4n) is 3.32. The Morgan fingerprint density at radius 1 is 1.20 bits per heavy atom. The summed E-state index contributed by atoms with van der Waals surface area (Å²) in [5.41, 5.74) is 9.50. The molecule has 3 heterocycles. The van der Waals surface area contributed by atoms with Crippen LogP contribution in [0.5, 0.6) is 0 Å². The average Bonchev–Trinajstić information content (AvgIpc) is 3.05. The van der Waals surface area contributed by atoms with Crippen LogP contribution in [-0.4, -0.2) is 39.5 Å². The van der Waals surface area contributed by atoms with E-state index in [2.05, 4.69) is 9.88 Å². The summed E-state index contributed by atoms with van der Waals surface area (Å²) in [6, 6.07) is 11.7. The van der Waals surface area contributed by atoms with Gasteiger partial charge in [0, 0.05) is 30.3 Å². The van der Waals surface area contributed by atoms with E-state index in [-0.39, 0.29) is 11.8 Å². The minimum absolute atomic E-state index is 0.0616. The van der Waals surface area contributed by atoms with E-state index >= 15 is 0 Å². The lowest BCUT2D eigenvalue weighted by Gasteiger charge is -2.31. The first kappa shape index (κ1) is 15.8. The van der Waals surface area contributed by atoms with Gasteiger partial charge in [0.05, 0.1) is 11.9 Å². The van der Waals surface area contributed by atoms with E-state index in [1.54, 1.807) is 6.92 Å². The Bertz CT molecular complexity index is 915. The van der Waals surface area contributed by atoms with Crippen LogP contribution in [0.15, 0.2) is 42.6 Å². The zero-order chi connectivity index (χ0) is 17.4. The molecule has 1 fully saturated rings. The molecule has 1 saturated heterocycles. The normalized spacial score (nSPS) is 17.8. The topological polar surface area (TPSA) is 76.5 Å². The molecule has 128 valence electrons. The number of piperidine rings is 1. The number of benzene rings is 1. The lowest BCUT2D eigenvalue weighted by molar-refractivity contribution is 0.101. The summed E-state index contributed by atoms with van der Waals surface area (Å²) in [7, 11) is 0. The van der Waals surface area contributed by atoms with Crippen molar-refractivity contribution in [1.82, 2.24) is 14.6 Å². The molecule has 25 heavy (non-hydrogen) atoms. The molecule has 4 rings (SSSR count). The minimum atomic E-state index is 0.0616. The summed E-state index contributed by atoms with van der Waals surface area (Å²) in [5, 5.41) is 4.78. The Kier molecular flexibility index (Phi) is 3.97. The second-order valence-corrected chi connectivity index (χ2v) is 6.59. The molecule has 0 amide bonds. The number of hydrogen-bond acceptors (Lipinski definition) is 5. The fourth-order valence-corrected chi connectivity index (χ4v) is 3.32. The largest absolute Gasteiger partial charge is 0.354 e. The number of fused-ring (bicyclic) bond motifs is 1. The number of ketones is 1. The van der Waals surface area contributed by atoms with Gasteiger partial charge in [-0.1, -0.05) is 24.3 Å². The highest BCUT2D eigenvalue weighted by Crippen LogP contribution is 2.23. The van der Waals surface area contributed by atoms with E-state index in [4.69, 9.17) is 10.8 Å². The number of nitrogens with zero attached hydrogens (tertiary/aromatic N) is 4. The average molecular weight is 335 g/mol. The Hall–Kier alpha value is -2.73. The fraction of sp³-hybridized carbons (Fsp3) is 0.316. The van der Waals surface area contributed by atoms with E-state index in [1.807, 2.05) is 47.1 Å². The summed E-state index contributed by atoms with van der Waals surface area (Å²) >= 11 is 0. The van der Waals surface area contributed by atoms with Gasteiger partial charge in [-0.05, 0) is 31.9 Å². The predicted molar refractivity (Wildman–Crippen MR) is 97.8 cm³/mol. The predicted octanol–water partition coefficient (Wildman–Crippen LogP) is 2.53. The molecule has 3 aromatic rings. The number of carbonyl (C=O) groups excluding carboxylic acids is 1. The third-order valence-electron chi connectivity index (χ3n) is 4.72. The molecule has 2 N–H and O–H groups in total. The lowest BCUT2D eigenvalue weighted by atomic mass is 10.1. The van der Waals surface area contributed by atoms with E-state index in [9.17, 15) is 4.79 Å². The molecule has 1 aliphatic rings. The zero-order valence-electron chi connectivity index (χ0n) is 14.2. The van der Waals surface area contributed by atoms with Crippen molar-refractivity contribution in [2.24, 2.45) is 5.73 Å². The van der Waals surface area contributed by atoms with Crippen molar-refractivity contribution in [3.63, 3.8) is 0 Å². The molecule has 2 aromatic heterocycles. The molecule has 0 bridgehead atoms. The molecular weight excluding hydrogens is 314 g/mol. The van der Waals surface area contributed by atoms with Crippen LogP contribution < -0.4 is 10.6 Å². The van der Waals surface area contributed by atoms with Crippen molar-refractivity contribution in [3.8, 4) is 11.3 Å². The van der Waals surface area contributed by atoms with Crippen LogP contribution in [-0.2, 0) is 0 Å². The van der Waals surface area contributed by atoms with Crippen LogP contribution in [0.25, 0.3) is 16.9 Å². The lowest BCUT2D eigenvalue weighted by Crippen LogP contribution is -2.43. The molecule has 6 nitrogen and oxygen atoms in total. The van der Waals surface area contributed by atoms with Crippen molar-refractivity contribution in [3.05, 3.63) is 48.2 Å². The number of hydrogen-bond donors (Lipinski definition) is 1. The molecule has 1 aliphatic heterocycles. The third kappa shape index (κ3) is 3.00. The number of rotatable bonds is 3. The molecule has 1 aromatic carbocycles. The highest BCUT2D eigenvalue weighted by molar-refractivity contribution is 5.94. The van der Waals surface area contributed by atoms with E-state index < -0.39 is 0 Å². The summed E-state index contributed by atoms with van der Waals surface area (Å²) in [5.74, 6) is 0.980. The van der Waals surface area contributed by atoms with Gasteiger partial charge < -0.3 is 10.6 Å². The quantitative estimate of drug-likeness (QED) is 0.744. The maximum absolute atomic E-state index is 11.5. The van der Waals surface area contributed by atoms with Crippen molar-refractivity contribution in [2.75, 3.05) is 18.0 Å². The second kappa shape index (κ2) is 6.29. The van der Waals surface area contributed by atoms with Crippen molar-refractivity contribution in [1.29, 1.82) is 0 Å². The van der Waals surface area contributed by atoms with E-state index in [1.165, 1.54) is 0 Å². The number of imidazole rings is 1. The van der Waals surface area contributed by atoms with Gasteiger partial charge in [0.2, 0.25) is 0 Å². The van der Waals surface area contributed by atoms with E-state index in [0.717, 1.165) is 48.7 Å². The van der Waals surface area contributed by atoms with Gasteiger partial charge in [-0.15, -0.1) is 5.10 Å². The first-order valence-corrected chi connectivity index (χ1v) is 8.58. The molecular formula is C19H21N5O. The van der Waals surface area contributed by atoms with Gasteiger partial charge in [-0.25, -0.2) is 9.50 Å². The molecule has 0 radical (unpaired) electrons. The summed E-state index contributed by atoms with van der Waals surface area (Å²) in [6.07, 6.45) is 3.97. The smallest absolute Gasteiger partial charge is 0.159 e. The van der Waals surface area contributed by atoms with Crippen LogP contribution in [0.4, 0.5) is 5.82 Å². The van der Waals surface area contributed by atoms with Crippen LogP contribution in [0.1, 0.15) is 30.1 Å². The summed E-state index contributed by atoms with van der Waals surface area (Å²) in [6.45, 7) is 3.37. The second-order valence-electron chi connectivity index (χ2n) is 6.59. The van der Waals surface area contributed by atoms with E-state index in [0.29, 0.717) is 5.56 Å². The van der Waals surface area contributed by atoms with Crippen LogP contribution in [0, 0.1) is 0 Å². The molecule has 0 aliphatic carbocycles. The monoisotopic (exact) mass is 335 g/mol. The Balaban J connectivity index is 1.72. The highest BCUT2D eigenvalue weighted by atomic mass is 16.1. The number of Topliss-reactive ketones (excluding diaryl/α,β-unsaturated/α-hetero) is 1. The van der Waals surface area contributed by atoms with Gasteiger partial charge in [0.15, 0.2) is 11.4 Å². The maximum Gasteiger partial charge on any atom is 0.159 e. The maximum atomic E-state index is 11.5. The first-order chi connectivity index (χ1) is 12.1. The Morgan fingerprint density at radius 2 is 2.00 bits per heavy atom. The van der Waals surface area contributed by atoms with Crippen molar-refractivity contribution in [2.45, 2.75) is 25.8 Å². The number of nitrogens with two attached hydrogens (primary N) is 1. The molecule has 0 spiro atoms. The number of anilines is 1. The molecule has 6 heteroatoms. The van der Waals surface area contributed by atoms with Gasteiger partial charge >= 0.3 is 0 Å². The molecule has 0 saturated carbocycles. The number of carbonyl (C=O) groups is 1.